The molecular weight excluding hydrogens is 236 g/mol. The number of ether oxygens (including phenoxy) is 2. The van der Waals surface area contributed by atoms with Crippen molar-refractivity contribution in [2.24, 2.45) is 0 Å². The van der Waals surface area contributed by atoms with Gasteiger partial charge in [-0.05, 0) is 30.7 Å². The van der Waals surface area contributed by atoms with Crippen molar-refractivity contribution < 1.29 is 9.47 Å². The minimum absolute atomic E-state index is 0.129. The zero-order valence-electron chi connectivity index (χ0n) is 10.6. The summed E-state index contributed by atoms with van der Waals surface area (Å²) in [6, 6.07) is 6.04. The number of benzene rings is 1. The number of hydrogen-bond donors (Lipinski definition) is 0. The zero-order valence-corrected chi connectivity index (χ0v) is 11.4. The highest BCUT2D eigenvalue weighted by Gasteiger charge is 2.37. The molecule has 2 rings (SSSR count). The highest BCUT2D eigenvalue weighted by molar-refractivity contribution is 6.20. The van der Waals surface area contributed by atoms with Crippen LogP contribution in [0.15, 0.2) is 18.2 Å². The molecule has 0 aliphatic heterocycles. The van der Waals surface area contributed by atoms with Gasteiger partial charge in [-0.3, -0.25) is 0 Å². The molecular formula is C14H19ClO2. The molecule has 0 bridgehead atoms. The average Bonchev–Trinajstić information content (AvgIpc) is 2.69. The highest BCUT2D eigenvalue weighted by Crippen LogP contribution is 2.46. The van der Waals surface area contributed by atoms with Crippen LogP contribution in [0.1, 0.15) is 31.7 Å². The molecule has 2 nitrogen and oxygen atoms in total. The van der Waals surface area contributed by atoms with Crippen molar-refractivity contribution in [3.63, 3.8) is 0 Å². The average molecular weight is 255 g/mol. The van der Waals surface area contributed by atoms with Gasteiger partial charge in [0.2, 0.25) is 0 Å². The summed E-state index contributed by atoms with van der Waals surface area (Å²) in [6.45, 7) is 2.26. The normalized spacial score (nSPS) is 28.1. The fourth-order valence-electron chi connectivity index (χ4n) is 2.71. The van der Waals surface area contributed by atoms with Crippen molar-refractivity contribution >= 4 is 11.6 Å². The summed E-state index contributed by atoms with van der Waals surface area (Å²) in [7, 11) is 3.37. The summed E-state index contributed by atoms with van der Waals surface area (Å²) in [6.07, 6.45) is 3.20. The van der Waals surface area contributed by atoms with E-state index in [1.807, 2.05) is 12.1 Å². The third kappa shape index (κ3) is 2.37. The predicted octanol–water partition coefficient (Wildman–Crippen LogP) is 3.75. The van der Waals surface area contributed by atoms with Gasteiger partial charge in [-0.15, -0.1) is 11.6 Å². The van der Waals surface area contributed by atoms with E-state index in [1.54, 1.807) is 14.2 Å². The number of halogens is 1. The molecule has 2 unspecified atom stereocenters. The van der Waals surface area contributed by atoms with E-state index in [-0.39, 0.29) is 10.8 Å². The zero-order chi connectivity index (χ0) is 12.5. The second-order valence-electron chi connectivity index (χ2n) is 4.97. The van der Waals surface area contributed by atoms with Crippen LogP contribution in [0.4, 0.5) is 0 Å². The lowest BCUT2D eigenvalue weighted by molar-refractivity contribution is 0.375. The van der Waals surface area contributed by atoms with Crippen LogP contribution in [0.2, 0.25) is 0 Å². The molecule has 0 amide bonds. The summed E-state index contributed by atoms with van der Waals surface area (Å²) in [4.78, 5) is 0. The van der Waals surface area contributed by atoms with E-state index in [0.717, 1.165) is 30.8 Å². The van der Waals surface area contributed by atoms with Gasteiger partial charge < -0.3 is 9.47 Å². The lowest BCUT2D eigenvalue weighted by Gasteiger charge is -2.26. The van der Waals surface area contributed by atoms with Crippen molar-refractivity contribution in [2.45, 2.75) is 37.0 Å². The number of rotatable bonds is 3. The molecule has 0 saturated heterocycles. The Morgan fingerprint density at radius 2 is 2.06 bits per heavy atom. The Morgan fingerprint density at radius 1 is 1.29 bits per heavy atom. The SMILES string of the molecule is COc1ccc(C2(C)CCC(Cl)C2)c(OC)c1. The van der Waals surface area contributed by atoms with Crippen LogP contribution in [-0.4, -0.2) is 19.6 Å². The van der Waals surface area contributed by atoms with Crippen molar-refractivity contribution in [3.05, 3.63) is 23.8 Å². The van der Waals surface area contributed by atoms with Gasteiger partial charge in [-0.2, -0.15) is 0 Å². The van der Waals surface area contributed by atoms with Crippen LogP contribution >= 0.6 is 11.6 Å². The minimum atomic E-state index is 0.129. The third-order valence-electron chi connectivity index (χ3n) is 3.74. The maximum absolute atomic E-state index is 6.24. The van der Waals surface area contributed by atoms with Crippen LogP contribution in [0.25, 0.3) is 0 Å². The Morgan fingerprint density at radius 3 is 2.59 bits per heavy atom. The predicted molar refractivity (Wildman–Crippen MR) is 70.4 cm³/mol. The molecule has 0 N–H and O–H groups in total. The molecule has 1 fully saturated rings. The molecule has 1 aliphatic carbocycles. The molecule has 0 aromatic heterocycles. The summed E-state index contributed by atoms with van der Waals surface area (Å²) in [5.41, 5.74) is 1.37. The molecule has 0 heterocycles. The Hall–Kier alpha value is -0.890. The fourth-order valence-corrected chi connectivity index (χ4v) is 3.16. The molecule has 0 spiro atoms. The van der Waals surface area contributed by atoms with Gasteiger partial charge in [0.25, 0.3) is 0 Å². The van der Waals surface area contributed by atoms with Crippen molar-refractivity contribution in [3.8, 4) is 11.5 Å². The van der Waals surface area contributed by atoms with Gasteiger partial charge in [0.05, 0.1) is 14.2 Å². The molecule has 1 aromatic carbocycles. The quantitative estimate of drug-likeness (QED) is 0.765. The molecule has 1 saturated carbocycles. The highest BCUT2D eigenvalue weighted by atomic mass is 35.5. The largest absolute Gasteiger partial charge is 0.497 e. The van der Waals surface area contributed by atoms with Crippen molar-refractivity contribution in [1.82, 2.24) is 0 Å². The second-order valence-corrected chi connectivity index (χ2v) is 5.58. The van der Waals surface area contributed by atoms with E-state index in [1.165, 1.54) is 5.56 Å². The molecule has 0 radical (unpaired) electrons. The van der Waals surface area contributed by atoms with Crippen LogP contribution in [0.5, 0.6) is 11.5 Å². The smallest absolute Gasteiger partial charge is 0.126 e. The maximum atomic E-state index is 6.24. The first-order valence-electron chi connectivity index (χ1n) is 5.95. The first kappa shape index (κ1) is 12.6. The van der Waals surface area contributed by atoms with E-state index < -0.39 is 0 Å². The van der Waals surface area contributed by atoms with Crippen LogP contribution < -0.4 is 9.47 Å². The van der Waals surface area contributed by atoms with Gasteiger partial charge in [-0.25, -0.2) is 0 Å². The third-order valence-corrected chi connectivity index (χ3v) is 4.11. The van der Waals surface area contributed by atoms with Crippen molar-refractivity contribution in [1.29, 1.82) is 0 Å². The van der Waals surface area contributed by atoms with Gasteiger partial charge >= 0.3 is 0 Å². The summed E-state index contributed by atoms with van der Waals surface area (Å²) < 4.78 is 10.7. The van der Waals surface area contributed by atoms with E-state index in [2.05, 4.69) is 13.0 Å². The molecule has 1 aromatic rings. The Balaban J connectivity index is 2.38. The van der Waals surface area contributed by atoms with E-state index >= 15 is 0 Å². The molecule has 2 atom stereocenters. The Kier molecular flexibility index (Phi) is 3.53. The Bertz CT molecular complexity index is 405. The maximum Gasteiger partial charge on any atom is 0.126 e. The van der Waals surface area contributed by atoms with Gasteiger partial charge in [0.1, 0.15) is 11.5 Å². The number of methoxy groups -OCH3 is 2. The van der Waals surface area contributed by atoms with Gasteiger partial charge in [0.15, 0.2) is 0 Å². The number of alkyl halides is 1. The van der Waals surface area contributed by atoms with Crippen LogP contribution in [0, 0.1) is 0 Å². The van der Waals surface area contributed by atoms with Gasteiger partial charge in [0, 0.05) is 17.0 Å². The molecule has 3 heteroatoms. The van der Waals surface area contributed by atoms with Crippen molar-refractivity contribution in [2.75, 3.05) is 14.2 Å². The summed E-state index contributed by atoms with van der Waals surface area (Å²) in [5.74, 6) is 1.73. The Labute approximate surface area is 108 Å². The lowest BCUT2D eigenvalue weighted by atomic mass is 9.80. The van der Waals surface area contributed by atoms with E-state index in [0.29, 0.717) is 0 Å². The van der Waals surface area contributed by atoms with E-state index in [9.17, 15) is 0 Å². The topological polar surface area (TPSA) is 18.5 Å². The lowest BCUT2D eigenvalue weighted by Crippen LogP contribution is -2.19. The van der Waals surface area contributed by atoms with Gasteiger partial charge in [-0.1, -0.05) is 13.0 Å². The first-order valence-corrected chi connectivity index (χ1v) is 6.39. The second kappa shape index (κ2) is 4.77. The molecule has 94 valence electrons. The monoisotopic (exact) mass is 254 g/mol. The summed E-state index contributed by atoms with van der Waals surface area (Å²) in [5, 5.41) is 0.284. The molecule has 17 heavy (non-hydrogen) atoms. The van der Waals surface area contributed by atoms with Crippen LogP contribution in [-0.2, 0) is 5.41 Å². The summed E-state index contributed by atoms with van der Waals surface area (Å²) >= 11 is 6.24. The first-order chi connectivity index (χ1) is 8.09. The van der Waals surface area contributed by atoms with Crippen LogP contribution in [0.3, 0.4) is 0 Å². The van der Waals surface area contributed by atoms with E-state index in [4.69, 9.17) is 21.1 Å². The number of hydrogen-bond acceptors (Lipinski definition) is 2. The molecule has 1 aliphatic rings. The standard InChI is InChI=1S/C14H19ClO2/c1-14(7-6-10(15)9-14)12-5-4-11(16-2)8-13(12)17-3/h4-5,8,10H,6-7,9H2,1-3H3. The minimum Gasteiger partial charge on any atom is -0.497 e. The fraction of sp³-hybridized carbons (Fsp3) is 0.571.